The van der Waals surface area contributed by atoms with Gasteiger partial charge in [-0.05, 0) is 116 Å². The Morgan fingerprint density at radius 1 is 0.392 bits per heavy atom. The lowest BCUT2D eigenvalue weighted by atomic mass is 10.1. The number of ether oxygens (including phenoxy) is 3. The van der Waals surface area contributed by atoms with E-state index in [1.807, 2.05) is 24.3 Å². The van der Waals surface area contributed by atoms with Gasteiger partial charge in [0.25, 0.3) is 0 Å². The average Bonchev–Trinajstić information content (AvgIpc) is 3.39. The van der Waals surface area contributed by atoms with Gasteiger partial charge in [0.05, 0.1) is 19.8 Å². The third kappa shape index (κ3) is 52.2. The van der Waals surface area contributed by atoms with Crippen LogP contribution >= 0.6 is 7.82 Å². The van der Waals surface area contributed by atoms with Gasteiger partial charge >= 0.3 is 25.7 Å². The Labute approximate surface area is 448 Å². The second-order valence-corrected chi connectivity index (χ2v) is 19.1. The number of hydrogen-bond acceptors (Lipinski definition) is 10. The van der Waals surface area contributed by atoms with Gasteiger partial charge < -0.3 is 24.2 Å². The molecule has 2 N–H and O–H groups in total. The van der Waals surface area contributed by atoms with Crippen molar-refractivity contribution in [3.8, 4) is 0 Å². The van der Waals surface area contributed by atoms with Crippen LogP contribution in [-0.2, 0) is 42.2 Å². The molecular weight excluding hydrogens is 952 g/mol. The summed E-state index contributed by atoms with van der Waals surface area (Å²) < 4.78 is 39.3. The van der Waals surface area contributed by atoms with Crippen LogP contribution in [0.2, 0.25) is 0 Å². The van der Waals surface area contributed by atoms with Crippen molar-refractivity contribution >= 4 is 25.7 Å². The van der Waals surface area contributed by atoms with Crippen LogP contribution in [0.4, 0.5) is 0 Å². The summed E-state index contributed by atoms with van der Waals surface area (Å²) in [5, 5.41) is 9.80. The van der Waals surface area contributed by atoms with Crippen LogP contribution in [0.1, 0.15) is 188 Å². The number of phosphoric ester groups is 1. The van der Waals surface area contributed by atoms with Gasteiger partial charge in [0.15, 0.2) is 6.10 Å². The van der Waals surface area contributed by atoms with E-state index in [1.54, 1.807) is 0 Å². The predicted octanol–water partition coefficient (Wildman–Crippen LogP) is 16.4. The van der Waals surface area contributed by atoms with Crippen molar-refractivity contribution in [2.45, 2.75) is 200 Å². The van der Waals surface area contributed by atoms with Crippen LogP contribution in [0, 0.1) is 0 Å². The zero-order chi connectivity index (χ0) is 54.1. The van der Waals surface area contributed by atoms with Crippen molar-refractivity contribution in [3.05, 3.63) is 146 Å². The van der Waals surface area contributed by atoms with Crippen molar-refractivity contribution < 1.29 is 52.2 Å². The molecule has 12 heteroatoms. The molecule has 0 spiro atoms. The summed E-state index contributed by atoms with van der Waals surface area (Å²) in [6.07, 6.45) is 69.8. The molecule has 74 heavy (non-hydrogen) atoms. The Morgan fingerprint density at radius 3 is 1.22 bits per heavy atom. The molecule has 416 valence electrons. The highest BCUT2D eigenvalue weighted by Gasteiger charge is 2.28. The first-order valence-electron chi connectivity index (χ1n) is 27.7. The van der Waals surface area contributed by atoms with Crippen molar-refractivity contribution in [1.29, 1.82) is 0 Å². The minimum absolute atomic E-state index is 0.0281. The Balaban J connectivity index is 4.89. The van der Waals surface area contributed by atoms with Crippen LogP contribution in [0.5, 0.6) is 0 Å². The van der Waals surface area contributed by atoms with Crippen molar-refractivity contribution in [2.75, 3.05) is 26.4 Å². The molecule has 0 saturated carbocycles. The number of carbonyl (C=O) groups excluding carboxylic acids is 3. The first-order chi connectivity index (χ1) is 36.2. The molecule has 0 aromatic rings. The molecule has 0 aromatic heterocycles. The number of aliphatic hydroxyl groups is 1. The first kappa shape index (κ1) is 69.4. The number of unbranched alkanes of at least 4 members (excludes halogenated alkanes) is 8. The maximum Gasteiger partial charge on any atom is 0.472 e. The zero-order valence-corrected chi connectivity index (χ0v) is 46.6. The quantitative estimate of drug-likeness (QED) is 0.0197. The summed E-state index contributed by atoms with van der Waals surface area (Å²) in [7, 11) is -4.79. The molecule has 3 unspecified atom stereocenters. The molecule has 3 atom stereocenters. The number of esters is 3. The minimum Gasteiger partial charge on any atom is -0.462 e. The summed E-state index contributed by atoms with van der Waals surface area (Å²) >= 11 is 0. The molecule has 0 radical (unpaired) electrons. The van der Waals surface area contributed by atoms with Gasteiger partial charge in [-0.2, -0.15) is 0 Å². The van der Waals surface area contributed by atoms with E-state index in [0.29, 0.717) is 32.1 Å². The monoisotopic (exact) mass is 1050 g/mol. The fourth-order valence-electron chi connectivity index (χ4n) is 6.57. The Morgan fingerprint density at radius 2 is 0.743 bits per heavy atom. The van der Waals surface area contributed by atoms with E-state index in [0.717, 1.165) is 103 Å². The highest BCUT2D eigenvalue weighted by molar-refractivity contribution is 7.47. The van der Waals surface area contributed by atoms with Gasteiger partial charge in [0, 0.05) is 19.3 Å². The van der Waals surface area contributed by atoms with Crippen LogP contribution in [0.25, 0.3) is 0 Å². The Hall–Kier alpha value is -4.64. The summed E-state index contributed by atoms with van der Waals surface area (Å²) in [6, 6.07) is 0. The lowest BCUT2D eigenvalue weighted by molar-refractivity contribution is -0.161. The normalized spacial score (nSPS) is 14.5. The second kappa shape index (κ2) is 54.6. The first-order valence-corrected chi connectivity index (χ1v) is 29.2. The molecular formula is C62H97O11P. The van der Waals surface area contributed by atoms with E-state index in [-0.39, 0.29) is 25.9 Å². The molecule has 0 amide bonds. The summed E-state index contributed by atoms with van der Waals surface area (Å²) in [5.41, 5.74) is 0. The van der Waals surface area contributed by atoms with E-state index >= 15 is 0 Å². The van der Waals surface area contributed by atoms with Crippen LogP contribution in [-0.4, -0.2) is 66.5 Å². The van der Waals surface area contributed by atoms with Crippen LogP contribution in [0.3, 0.4) is 0 Å². The summed E-state index contributed by atoms with van der Waals surface area (Å²) in [5.74, 6) is -1.66. The molecule has 11 nitrogen and oxygen atoms in total. The molecule has 0 aromatic carbocycles. The number of phosphoric acid groups is 1. The molecule has 0 aliphatic rings. The van der Waals surface area contributed by atoms with E-state index in [1.165, 1.54) is 12.8 Å². The van der Waals surface area contributed by atoms with Crippen molar-refractivity contribution in [3.63, 3.8) is 0 Å². The third-order valence-corrected chi connectivity index (χ3v) is 11.7. The third-order valence-electron chi connectivity index (χ3n) is 10.7. The van der Waals surface area contributed by atoms with Gasteiger partial charge in [-0.3, -0.25) is 23.4 Å². The van der Waals surface area contributed by atoms with Crippen molar-refractivity contribution in [2.24, 2.45) is 0 Å². The van der Waals surface area contributed by atoms with Gasteiger partial charge in [0.2, 0.25) is 0 Å². The second-order valence-electron chi connectivity index (χ2n) is 17.6. The maximum atomic E-state index is 12.9. The molecule has 0 saturated heterocycles. The Bertz CT molecular complexity index is 1800. The topological polar surface area (TPSA) is 155 Å². The minimum atomic E-state index is -4.79. The standard InChI is InChI=1S/C62H97O11P/c1-4-7-10-13-16-19-22-24-26-28-29-31-33-35-38-41-44-47-50-53-62(66)73-59(55-69-60(64)51-48-45-42-39-36-21-18-15-12-9-6-3)57-71-74(67,68)70-56-58(54-63)72-61(65)52-49-46-43-40-37-34-32-30-27-25-23-20-17-14-11-8-5-2/h7-8,10-11,15-20,24-27,29,31-32,34-35,38,40,43-44,47,58-59,63H,4-6,9,12-14,21-23,28,30,33,36-37,39,41-42,45-46,48-57H2,1-3H3,(H,67,68)/b10-7-,11-8-,18-15-,19-16-,20-17-,26-24-,27-25-,31-29-,34-32-,38-35-,43-40-,47-44-. The average molecular weight is 1050 g/mol. The lowest BCUT2D eigenvalue weighted by Gasteiger charge is -2.21. The molecule has 0 aliphatic carbocycles. The van der Waals surface area contributed by atoms with Gasteiger partial charge in [-0.15, -0.1) is 0 Å². The smallest absolute Gasteiger partial charge is 0.462 e. The molecule has 0 rings (SSSR count). The van der Waals surface area contributed by atoms with E-state index in [4.69, 9.17) is 23.3 Å². The number of carbonyl (C=O) groups is 3. The highest BCUT2D eigenvalue weighted by Crippen LogP contribution is 2.43. The largest absolute Gasteiger partial charge is 0.472 e. The van der Waals surface area contributed by atoms with E-state index in [9.17, 15) is 28.9 Å². The highest BCUT2D eigenvalue weighted by atomic mass is 31.2. The molecule has 0 heterocycles. The number of allylic oxidation sites excluding steroid dienone is 24. The summed E-state index contributed by atoms with van der Waals surface area (Å²) in [6.45, 7) is 4.18. The van der Waals surface area contributed by atoms with Gasteiger partial charge in [-0.25, -0.2) is 4.57 Å². The fraction of sp³-hybridized carbons (Fsp3) is 0.565. The predicted molar refractivity (Wildman–Crippen MR) is 306 cm³/mol. The zero-order valence-electron chi connectivity index (χ0n) is 45.7. The van der Waals surface area contributed by atoms with Crippen LogP contribution < -0.4 is 0 Å². The van der Waals surface area contributed by atoms with Gasteiger partial charge in [0.1, 0.15) is 12.7 Å². The molecule has 0 aliphatic heterocycles. The SMILES string of the molecule is CC/C=C\C/C=C\C/C=C\C/C=C\C/C=C\C/C=C\CCC(=O)OC(COC(=O)CCCCCCC/C=C\CCCC)COP(=O)(O)OCC(CO)OC(=O)CCC/C=C\C/C=C\C/C=C\C/C=C\C/C=C\CC. The van der Waals surface area contributed by atoms with Gasteiger partial charge in [-0.1, -0.05) is 199 Å². The lowest BCUT2D eigenvalue weighted by Crippen LogP contribution is -2.30. The fourth-order valence-corrected chi connectivity index (χ4v) is 7.36. The van der Waals surface area contributed by atoms with E-state index < -0.39 is 57.8 Å². The van der Waals surface area contributed by atoms with Crippen molar-refractivity contribution in [1.82, 2.24) is 0 Å². The Kier molecular flexibility index (Phi) is 51.2. The maximum absolute atomic E-state index is 12.9. The molecule has 0 bridgehead atoms. The van der Waals surface area contributed by atoms with E-state index in [2.05, 4.69) is 142 Å². The summed E-state index contributed by atoms with van der Waals surface area (Å²) in [4.78, 5) is 48.4. The number of aliphatic hydroxyl groups excluding tert-OH is 1. The number of hydrogen-bond donors (Lipinski definition) is 2. The van der Waals surface area contributed by atoms with Crippen LogP contribution in [0.15, 0.2) is 146 Å². The number of rotatable bonds is 49. The molecule has 0 fully saturated rings.